The van der Waals surface area contributed by atoms with E-state index in [1.54, 1.807) is 11.3 Å². The maximum Gasteiger partial charge on any atom is 0.166 e. The monoisotopic (exact) mass is 423 g/mol. The molecule has 0 spiro atoms. The molecule has 3 aromatic rings. The normalized spacial score (nSPS) is 12.4. The molecule has 0 atom stereocenters. The van der Waals surface area contributed by atoms with E-state index in [0.717, 1.165) is 3.95 Å². The number of nitrogens with zero attached hydrogens (tertiary/aromatic N) is 1. The molecule has 0 saturated carbocycles. The number of aryl methyl sites for hydroxylation is 2. The molecule has 0 aliphatic carbocycles. The van der Waals surface area contributed by atoms with Gasteiger partial charge in [0.1, 0.15) is 0 Å². The van der Waals surface area contributed by atoms with Gasteiger partial charge in [-0.1, -0.05) is 77.9 Å². The molecule has 0 N–H and O–H groups in total. The van der Waals surface area contributed by atoms with Crippen LogP contribution in [0.2, 0.25) is 0 Å². The van der Waals surface area contributed by atoms with Gasteiger partial charge in [-0.05, 0) is 66.1 Å². The Balaban J connectivity index is 2.39. The predicted molar refractivity (Wildman–Crippen MR) is 132 cm³/mol. The van der Waals surface area contributed by atoms with Gasteiger partial charge in [0.15, 0.2) is 3.95 Å². The van der Waals surface area contributed by atoms with Gasteiger partial charge in [0, 0.05) is 16.1 Å². The first kappa shape index (κ1) is 22.0. The summed E-state index contributed by atoms with van der Waals surface area (Å²) in [6.45, 7) is 20.3. The van der Waals surface area contributed by atoms with E-state index in [2.05, 4.69) is 103 Å². The van der Waals surface area contributed by atoms with Crippen molar-refractivity contribution in [2.75, 3.05) is 0 Å². The maximum absolute atomic E-state index is 5.76. The summed E-state index contributed by atoms with van der Waals surface area (Å²) in [5.41, 5.74) is 9.13. The second-order valence-corrected chi connectivity index (χ2v) is 12.0. The van der Waals surface area contributed by atoms with E-state index in [9.17, 15) is 0 Å². The van der Waals surface area contributed by atoms with Crippen LogP contribution in [0, 0.1) is 24.7 Å². The number of benzene rings is 2. The summed E-state index contributed by atoms with van der Waals surface area (Å²) in [6.07, 6.45) is 0. The van der Waals surface area contributed by atoms with E-state index in [1.165, 1.54) is 44.1 Å². The average Bonchev–Trinajstić information content (AvgIpc) is 2.85. The summed E-state index contributed by atoms with van der Waals surface area (Å²) in [5, 5.41) is 0. The second kappa shape index (κ2) is 7.52. The van der Waals surface area contributed by atoms with E-state index in [0.29, 0.717) is 0 Å². The predicted octanol–water partition coefficient (Wildman–Crippen LogP) is 8.46. The van der Waals surface area contributed by atoms with Crippen LogP contribution in [0.1, 0.15) is 68.8 Å². The molecule has 1 aromatic heterocycles. The Morgan fingerprint density at radius 1 is 0.828 bits per heavy atom. The minimum absolute atomic E-state index is 0.0885. The summed E-state index contributed by atoms with van der Waals surface area (Å²) in [5.74, 6) is 0. The first-order chi connectivity index (χ1) is 13.3. The molecule has 0 saturated heterocycles. The van der Waals surface area contributed by atoms with Crippen molar-refractivity contribution in [3.8, 4) is 16.8 Å². The lowest BCUT2D eigenvalue weighted by molar-refractivity contribution is 0.569. The van der Waals surface area contributed by atoms with Crippen LogP contribution in [0.3, 0.4) is 0 Å². The molecule has 0 fully saturated rings. The molecular weight excluding hydrogens is 390 g/mol. The van der Waals surface area contributed by atoms with Crippen LogP contribution < -0.4 is 0 Å². The Morgan fingerprint density at radius 2 is 1.38 bits per heavy atom. The minimum Gasteiger partial charge on any atom is -0.295 e. The standard InChI is InChI=1S/C26H33NS2/c1-16-11-10-12-22(23(16)27-17(2)18(3)29-24(27)28)19-13-20(25(4,5)6)15-21(14-19)26(7,8)9/h10-15H,1-9H3. The molecule has 3 heteroatoms. The van der Waals surface area contributed by atoms with E-state index in [-0.39, 0.29) is 10.8 Å². The lowest BCUT2D eigenvalue weighted by Crippen LogP contribution is -2.16. The number of hydrogen-bond donors (Lipinski definition) is 0. The average molecular weight is 424 g/mol. The zero-order valence-corrected chi connectivity index (χ0v) is 20.9. The molecule has 0 amide bonds. The molecule has 0 radical (unpaired) electrons. The first-order valence-electron chi connectivity index (χ1n) is 10.3. The highest BCUT2D eigenvalue weighted by Crippen LogP contribution is 2.38. The summed E-state index contributed by atoms with van der Waals surface area (Å²) in [4.78, 5) is 1.28. The number of thiazole rings is 1. The Bertz CT molecular complexity index is 1080. The summed E-state index contributed by atoms with van der Waals surface area (Å²) in [7, 11) is 0. The fraction of sp³-hybridized carbons (Fsp3) is 0.423. The fourth-order valence-corrected chi connectivity index (χ4v) is 5.07. The van der Waals surface area contributed by atoms with Gasteiger partial charge in [-0.3, -0.25) is 4.57 Å². The van der Waals surface area contributed by atoms with E-state index >= 15 is 0 Å². The van der Waals surface area contributed by atoms with Crippen LogP contribution in [0.15, 0.2) is 36.4 Å². The Labute approximate surface area is 185 Å². The summed E-state index contributed by atoms with van der Waals surface area (Å²) >= 11 is 7.46. The largest absolute Gasteiger partial charge is 0.295 e. The summed E-state index contributed by atoms with van der Waals surface area (Å²) < 4.78 is 3.18. The fourth-order valence-electron chi connectivity index (χ4n) is 3.64. The molecule has 3 rings (SSSR count). The molecule has 0 aliphatic rings. The third-order valence-electron chi connectivity index (χ3n) is 5.71. The number of para-hydroxylation sites is 1. The van der Waals surface area contributed by atoms with Crippen LogP contribution >= 0.6 is 23.6 Å². The van der Waals surface area contributed by atoms with Gasteiger partial charge in [0.2, 0.25) is 0 Å². The highest BCUT2D eigenvalue weighted by atomic mass is 32.1. The molecule has 0 aliphatic heterocycles. The van der Waals surface area contributed by atoms with Gasteiger partial charge < -0.3 is 0 Å². The smallest absolute Gasteiger partial charge is 0.166 e. The highest BCUT2D eigenvalue weighted by Gasteiger charge is 2.22. The van der Waals surface area contributed by atoms with Crippen LogP contribution in [0.4, 0.5) is 0 Å². The van der Waals surface area contributed by atoms with Crippen LogP contribution in [0.25, 0.3) is 16.8 Å². The number of aromatic nitrogens is 1. The number of hydrogen-bond acceptors (Lipinski definition) is 2. The highest BCUT2D eigenvalue weighted by molar-refractivity contribution is 7.73. The Hall–Kier alpha value is -1.71. The van der Waals surface area contributed by atoms with Crippen LogP contribution in [-0.4, -0.2) is 4.57 Å². The van der Waals surface area contributed by atoms with Crippen molar-refractivity contribution in [1.29, 1.82) is 0 Å². The van der Waals surface area contributed by atoms with Crippen molar-refractivity contribution in [1.82, 2.24) is 4.57 Å². The molecule has 2 aromatic carbocycles. The van der Waals surface area contributed by atoms with Crippen molar-refractivity contribution in [3.05, 3.63) is 67.6 Å². The van der Waals surface area contributed by atoms with Crippen LogP contribution in [0.5, 0.6) is 0 Å². The topological polar surface area (TPSA) is 4.93 Å². The van der Waals surface area contributed by atoms with Gasteiger partial charge in [0.05, 0.1) is 5.69 Å². The maximum atomic E-state index is 5.76. The SMILES string of the molecule is Cc1cccc(-c2cc(C(C)(C)C)cc(C(C)(C)C)c2)c1-n1c(C)c(C)sc1=S. The summed E-state index contributed by atoms with van der Waals surface area (Å²) in [6, 6.07) is 13.7. The lowest BCUT2D eigenvalue weighted by Gasteiger charge is -2.27. The molecule has 154 valence electrons. The van der Waals surface area contributed by atoms with E-state index < -0.39 is 0 Å². The molecular formula is C26H33NS2. The zero-order valence-electron chi connectivity index (χ0n) is 19.2. The lowest BCUT2D eigenvalue weighted by atomic mass is 9.78. The van der Waals surface area contributed by atoms with Crippen molar-refractivity contribution in [3.63, 3.8) is 0 Å². The molecule has 1 heterocycles. The van der Waals surface area contributed by atoms with Crippen molar-refractivity contribution < 1.29 is 0 Å². The zero-order chi connectivity index (χ0) is 21.7. The van der Waals surface area contributed by atoms with Gasteiger partial charge in [-0.2, -0.15) is 0 Å². The Morgan fingerprint density at radius 3 is 1.83 bits per heavy atom. The second-order valence-electron chi connectivity index (χ2n) is 10.1. The first-order valence-corrected chi connectivity index (χ1v) is 11.5. The molecule has 1 nitrogen and oxygen atoms in total. The minimum atomic E-state index is 0.0885. The van der Waals surface area contributed by atoms with E-state index in [4.69, 9.17) is 12.2 Å². The van der Waals surface area contributed by atoms with Gasteiger partial charge in [0.25, 0.3) is 0 Å². The molecule has 0 bridgehead atoms. The van der Waals surface area contributed by atoms with Gasteiger partial charge in [-0.25, -0.2) is 0 Å². The molecule has 29 heavy (non-hydrogen) atoms. The number of rotatable bonds is 2. The molecule has 0 unspecified atom stereocenters. The third kappa shape index (κ3) is 4.27. The van der Waals surface area contributed by atoms with Crippen molar-refractivity contribution >= 4 is 23.6 Å². The third-order valence-corrected chi connectivity index (χ3v) is 7.10. The van der Waals surface area contributed by atoms with Gasteiger partial charge >= 0.3 is 0 Å². The quantitative estimate of drug-likeness (QED) is 0.374. The van der Waals surface area contributed by atoms with Gasteiger partial charge in [-0.15, -0.1) is 11.3 Å². The van der Waals surface area contributed by atoms with Crippen LogP contribution in [-0.2, 0) is 10.8 Å². The van der Waals surface area contributed by atoms with Crippen molar-refractivity contribution in [2.24, 2.45) is 0 Å². The van der Waals surface area contributed by atoms with Crippen molar-refractivity contribution in [2.45, 2.75) is 73.1 Å². The Kier molecular flexibility index (Phi) is 5.70. The van der Waals surface area contributed by atoms with E-state index in [1.807, 2.05) is 0 Å².